The third kappa shape index (κ3) is 5.97. The quantitative estimate of drug-likeness (QED) is 0.610. The van der Waals surface area contributed by atoms with Crippen LogP contribution in [0.2, 0.25) is 0 Å². The molecule has 1 N–H and O–H groups in total. The van der Waals surface area contributed by atoms with Crippen LogP contribution in [0.4, 0.5) is 0 Å². The second kappa shape index (κ2) is 9.00. The molecule has 0 heterocycles. The predicted octanol–water partition coefficient (Wildman–Crippen LogP) is 1.97. The van der Waals surface area contributed by atoms with E-state index in [2.05, 4.69) is 19.2 Å². The van der Waals surface area contributed by atoms with Gasteiger partial charge in [0.15, 0.2) is 0 Å². The van der Waals surface area contributed by atoms with Crippen molar-refractivity contribution < 1.29 is 9.53 Å². The standard InChI is InChI=1S/C11H23NO2/c1-4-7-10(9-14-8-5-2)11(13)12-6-3/h10H,4-9H2,1-3H3,(H,12,13). The molecular formula is C11H23NO2. The lowest BCUT2D eigenvalue weighted by atomic mass is 10.0. The third-order valence-electron chi connectivity index (χ3n) is 2.03. The normalized spacial score (nSPS) is 12.5. The lowest BCUT2D eigenvalue weighted by molar-refractivity contribution is -0.127. The van der Waals surface area contributed by atoms with Crippen LogP contribution >= 0.6 is 0 Å². The van der Waals surface area contributed by atoms with E-state index >= 15 is 0 Å². The van der Waals surface area contributed by atoms with Crippen LogP contribution in [-0.2, 0) is 9.53 Å². The second-order valence-electron chi connectivity index (χ2n) is 3.46. The maximum Gasteiger partial charge on any atom is 0.225 e. The summed E-state index contributed by atoms with van der Waals surface area (Å²) >= 11 is 0. The Labute approximate surface area is 87.2 Å². The molecule has 3 nitrogen and oxygen atoms in total. The van der Waals surface area contributed by atoms with Crippen molar-refractivity contribution in [1.82, 2.24) is 5.32 Å². The van der Waals surface area contributed by atoms with E-state index in [1.165, 1.54) is 0 Å². The zero-order chi connectivity index (χ0) is 10.8. The fourth-order valence-electron chi connectivity index (χ4n) is 1.33. The van der Waals surface area contributed by atoms with Gasteiger partial charge in [0.2, 0.25) is 5.91 Å². The van der Waals surface area contributed by atoms with Crippen molar-refractivity contribution in [2.45, 2.75) is 40.0 Å². The molecule has 0 bridgehead atoms. The fourth-order valence-corrected chi connectivity index (χ4v) is 1.33. The minimum Gasteiger partial charge on any atom is -0.381 e. The summed E-state index contributed by atoms with van der Waals surface area (Å²) in [5, 5.41) is 2.84. The summed E-state index contributed by atoms with van der Waals surface area (Å²) in [6.45, 7) is 8.11. The summed E-state index contributed by atoms with van der Waals surface area (Å²) < 4.78 is 5.40. The Morgan fingerprint density at radius 1 is 1.29 bits per heavy atom. The summed E-state index contributed by atoms with van der Waals surface area (Å²) in [7, 11) is 0. The molecule has 0 aliphatic carbocycles. The van der Waals surface area contributed by atoms with Gasteiger partial charge < -0.3 is 10.1 Å². The SMILES string of the molecule is CCCOCC(CCC)C(=O)NCC. The minimum atomic E-state index is 0.0338. The molecular weight excluding hydrogens is 178 g/mol. The molecule has 1 amide bonds. The Morgan fingerprint density at radius 3 is 2.50 bits per heavy atom. The van der Waals surface area contributed by atoms with E-state index in [1.54, 1.807) is 0 Å². The van der Waals surface area contributed by atoms with Crippen molar-refractivity contribution in [3.63, 3.8) is 0 Å². The Morgan fingerprint density at radius 2 is 2.00 bits per heavy atom. The Kier molecular flexibility index (Phi) is 8.64. The average molecular weight is 201 g/mol. The maximum atomic E-state index is 11.5. The van der Waals surface area contributed by atoms with Crippen LogP contribution < -0.4 is 5.32 Å². The zero-order valence-electron chi connectivity index (χ0n) is 9.64. The molecule has 0 fully saturated rings. The molecule has 0 rings (SSSR count). The number of hydrogen-bond donors (Lipinski definition) is 1. The van der Waals surface area contributed by atoms with Gasteiger partial charge in [-0.15, -0.1) is 0 Å². The van der Waals surface area contributed by atoms with Crippen molar-refractivity contribution in [2.24, 2.45) is 5.92 Å². The molecule has 0 aromatic heterocycles. The molecule has 0 aliphatic rings. The van der Waals surface area contributed by atoms with Crippen LogP contribution in [0.5, 0.6) is 0 Å². The molecule has 0 saturated heterocycles. The lowest BCUT2D eigenvalue weighted by Crippen LogP contribution is -2.33. The Hall–Kier alpha value is -0.570. The summed E-state index contributed by atoms with van der Waals surface area (Å²) in [5.74, 6) is 0.164. The highest BCUT2D eigenvalue weighted by Gasteiger charge is 2.16. The highest BCUT2D eigenvalue weighted by Crippen LogP contribution is 2.07. The van der Waals surface area contributed by atoms with Gasteiger partial charge in [-0.1, -0.05) is 20.3 Å². The van der Waals surface area contributed by atoms with Crippen molar-refractivity contribution in [2.75, 3.05) is 19.8 Å². The van der Waals surface area contributed by atoms with Crippen molar-refractivity contribution >= 4 is 5.91 Å². The summed E-state index contributed by atoms with van der Waals surface area (Å²) in [4.78, 5) is 11.5. The Balaban J connectivity index is 3.81. The molecule has 14 heavy (non-hydrogen) atoms. The third-order valence-corrected chi connectivity index (χ3v) is 2.03. The average Bonchev–Trinajstić information content (AvgIpc) is 2.17. The van der Waals surface area contributed by atoms with Crippen molar-refractivity contribution in [3.05, 3.63) is 0 Å². The topological polar surface area (TPSA) is 38.3 Å². The van der Waals surface area contributed by atoms with Crippen molar-refractivity contribution in [1.29, 1.82) is 0 Å². The number of ether oxygens (including phenoxy) is 1. The van der Waals surface area contributed by atoms with E-state index in [0.29, 0.717) is 13.2 Å². The van der Waals surface area contributed by atoms with Crippen LogP contribution in [0.25, 0.3) is 0 Å². The van der Waals surface area contributed by atoms with Gasteiger partial charge in [-0.05, 0) is 19.8 Å². The van der Waals surface area contributed by atoms with Gasteiger partial charge in [0, 0.05) is 13.2 Å². The van der Waals surface area contributed by atoms with Gasteiger partial charge >= 0.3 is 0 Å². The summed E-state index contributed by atoms with van der Waals surface area (Å²) in [6.07, 6.45) is 2.95. The molecule has 1 atom stereocenters. The molecule has 0 aromatic rings. The van der Waals surface area contributed by atoms with Gasteiger partial charge in [0.05, 0.1) is 12.5 Å². The number of hydrogen-bond acceptors (Lipinski definition) is 2. The first-order valence-electron chi connectivity index (χ1n) is 5.61. The molecule has 3 heteroatoms. The van der Waals surface area contributed by atoms with E-state index in [-0.39, 0.29) is 11.8 Å². The highest BCUT2D eigenvalue weighted by atomic mass is 16.5. The molecule has 0 aromatic carbocycles. The predicted molar refractivity (Wildman–Crippen MR) is 58.2 cm³/mol. The number of rotatable bonds is 8. The first-order valence-corrected chi connectivity index (χ1v) is 5.61. The van der Waals surface area contributed by atoms with Gasteiger partial charge in [0.1, 0.15) is 0 Å². The van der Waals surface area contributed by atoms with E-state index in [9.17, 15) is 4.79 Å². The number of amides is 1. The van der Waals surface area contributed by atoms with Gasteiger partial charge in [0.25, 0.3) is 0 Å². The van der Waals surface area contributed by atoms with Gasteiger partial charge in [-0.2, -0.15) is 0 Å². The van der Waals surface area contributed by atoms with E-state index in [0.717, 1.165) is 25.9 Å². The number of carbonyl (C=O) groups is 1. The maximum absolute atomic E-state index is 11.5. The van der Waals surface area contributed by atoms with E-state index in [4.69, 9.17) is 4.74 Å². The molecule has 0 radical (unpaired) electrons. The van der Waals surface area contributed by atoms with Crippen LogP contribution in [0, 0.1) is 5.92 Å². The number of nitrogens with one attached hydrogen (secondary N) is 1. The largest absolute Gasteiger partial charge is 0.381 e. The summed E-state index contributed by atoms with van der Waals surface area (Å²) in [5.41, 5.74) is 0. The van der Waals surface area contributed by atoms with Crippen molar-refractivity contribution in [3.8, 4) is 0 Å². The van der Waals surface area contributed by atoms with Crippen LogP contribution in [0.15, 0.2) is 0 Å². The van der Waals surface area contributed by atoms with Crippen LogP contribution in [0.1, 0.15) is 40.0 Å². The first kappa shape index (κ1) is 13.4. The van der Waals surface area contributed by atoms with Crippen LogP contribution in [-0.4, -0.2) is 25.7 Å². The van der Waals surface area contributed by atoms with E-state index < -0.39 is 0 Å². The molecule has 0 spiro atoms. The fraction of sp³-hybridized carbons (Fsp3) is 0.909. The van der Waals surface area contributed by atoms with Crippen LogP contribution in [0.3, 0.4) is 0 Å². The zero-order valence-corrected chi connectivity index (χ0v) is 9.64. The van der Waals surface area contributed by atoms with Gasteiger partial charge in [-0.3, -0.25) is 4.79 Å². The van der Waals surface area contributed by atoms with E-state index in [1.807, 2.05) is 6.92 Å². The first-order chi connectivity index (χ1) is 6.76. The monoisotopic (exact) mass is 201 g/mol. The summed E-state index contributed by atoms with van der Waals surface area (Å²) in [6, 6.07) is 0. The Bertz CT molecular complexity index is 148. The van der Waals surface area contributed by atoms with Gasteiger partial charge in [-0.25, -0.2) is 0 Å². The number of carbonyl (C=O) groups excluding carboxylic acids is 1. The molecule has 0 aliphatic heterocycles. The lowest BCUT2D eigenvalue weighted by Gasteiger charge is -2.15. The molecule has 84 valence electrons. The molecule has 1 unspecified atom stereocenters. The smallest absolute Gasteiger partial charge is 0.225 e. The molecule has 0 saturated carbocycles. The highest BCUT2D eigenvalue weighted by molar-refractivity contribution is 5.78. The minimum absolute atomic E-state index is 0.0338. The second-order valence-corrected chi connectivity index (χ2v) is 3.46.